The first-order valence-electron chi connectivity index (χ1n) is 9.59. The van der Waals surface area contributed by atoms with Gasteiger partial charge in [-0.1, -0.05) is 12.1 Å². The molecule has 2 aromatic carbocycles. The summed E-state index contributed by atoms with van der Waals surface area (Å²) in [7, 11) is -2.24. The number of hydrogen-bond acceptors (Lipinski definition) is 8. The smallest absolute Gasteiger partial charge is 0.295 e. The number of sulfonamides is 1. The Morgan fingerprint density at radius 3 is 2.52 bits per heavy atom. The average Bonchev–Trinajstić information content (AvgIpc) is 2.78. The van der Waals surface area contributed by atoms with E-state index in [1.54, 1.807) is 14.0 Å². The van der Waals surface area contributed by atoms with E-state index in [-0.39, 0.29) is 29.4 Å². The maximum Gasteiger partial charge on any atom is 0.295 e. The highest BCUT2D eigenvalue weighted by atomic mass is 32.2. The second-order valence-electron chi connectivity index (χ2n) is 6.94. The Balaban J connectivity index is 1.77. The minimum absolute atomic E-state index is 0.111. The fourth-order valence-electron chi connectivity index (χ4n) is 3.09. The molecular weight excluding hydrogens is 424 g/mol. The van der Waals surface area contributed by atoms with Gasteiger partial charge < -0.3 is 9.47 Å². The molecular formula is C20H24N4O6S. The van der Waals surface area contributed by atoms with Crippen molar-refractivity contribution < 1.29 is 22.8 Å². The Hall–Kier alpha value is -3.02. The molecule has 3 rings (SSSR count). The van der Waals surface area contributed by atoms with Gasteiger partial charge in [0.25, 0.3) is 5.69 Å². The largest absolute Gasteiger partial charge is 0.497 e. The fourth-order valence-corrected chi connectivity index (χ4v) is 4.52. The number of anilines is 1. The zero-order valence-electron chi connectivity index (χ0n) is 17.3. The highest BCUT2D eigenvalue weighted by Gasteiger charge is 2.28. The van der Waals surface area contributed by atoms with Crippen molar-refractivity contribution in [3.05, 3.63) is 58.1 Å². The Morgan fingerprint density at radius 1 is 1.23 bits per heavy atom. The first kappa shape index (κ1) is 22.7. The van der Waals surface area contributed by atoms with Gasteiger partial charge in [0.1, 0.15) is 11.4 Å². The maximum absolute atomic E-state index is 12.8. The number of nitrogens with one attached hydrogen (secondary N) is 1. The summed E-state index contributed by atoms with van der Waals surface area (Å²) in [4.78, 5) is 10.8. The van der Waals surface area contributed by atoms with Gasteiger partial charge in [0.05, 0.1) is 30.1 Å². The van der Waals surface area contributed by atoms with E-state index >= 15 is 0 Å². The number of nitro groups is 1. The number of benzene rings is 2. The number of nitro benzene ring substituents is 1. The highest BCUT2D eigenvalue weighted by molar-refractivity contribution is 7.89. The van der Waals surface area contributed by atoms with Gasteiger partial charge in [-0.15, -0.1) is 0 Å². The quantitative estimate of drug-likeness (QED) is 0.374. The lowest BCUT2D eigenvalue weighted by molar-refractivity contribution is -0.384. The van der Waals surface area contributed by atoms with Crippen molar-refractivity contribution in [2.45, 2.75) is 18.2 Å². The van der Waals surface area contributed by atoms with E-state index in [1.807, 2.05) is 24.3 Å². The normalized spacial score (nSPS) is 15.5. The molecule has 0 bridgehead atoms. The van der Waals surface area contributed by atoms with E-state index < -0.39 is 14.9 Å². The van der Waals surface area contributed by atoms with Crippen LogP contribution in [0.1, 0.15) is 12.5 Å². The van der Waals surface area contributed by atoms with Crippen LogP contribution in [0, 0.1) is 10.1 Å². The van der Waals surface area contributed by atoms with Crippen molar-refractivity contribution in [1.82, 2.24) is 4.31 Å². The molecule has 11 heteroatoms. The van der Waals surface area contributed by atoms with Crippen molar-refractivity contribution >= 4 is 27.1 Å². The number of nitrogens with zero attached hydrogens (tertiary/aromatic N) is 3. The van der Waals surface area contributed by atoms with E-state index in [9.17, 15) is 18.5 Å². The summed E-state index contributed by atoms with van der Waals surface area (Å²) in [6, 6.07) is 11.3. The van der Waals surface area contributed by atoms with Gasteiger partial charge in [0.2, 0.25) is 10.0 Å². The minimum atomic E-state index is -3.84. The second kappa shape index (κ2) is 9.86. The van der Waals surface area contributed by atoms with Crippen molar-refractivity contribution in [1.29, 1.82) is 0 Å². The molecule has 0 radical (unpaired) electrons. The van der Waals surface area contributed by atoms with Gasteiger partial charge in [0.15, 0.2) is 0 Å². The molecule has 0 amide bonds. The third kappa shape index (κ3) is 5.57. The number of morpholine rings is 1. The Kier molecular flexibility index (Phi) is 7.21. The van der Waals surface area contributed by atoms with E-state index in [1.165, 1.54) is 16.4 Å². The number of methoxy groups -OCH3 is 1. The summed E-state index contributed by atoms with van der Waals surface area (Å²) < 4.78 is 37.1. The van der Waals surface area contributed by atoms with Crippen LogP contribution in [0.25, 0.3) is 0 Å². The highest BCUT2D eigenvalue weighted by Crippen LogP contribution is 2.29. The van der Waals surface area contributed by atoms with Gasteiger partial charge in [-0.25, -0.2) is 8.42 Å². The molecule has 0 saturated carbocycles. The Morgan fingerprint density at radius 2 is 1.90 bits per heavy atom. The van der Waals surface area contributed by atoms with Gasteiger partial charge in [-0.2, -0.15) is 9.41 Å². The number of hydrogen-bond donors (Lipinski definition) is 1. The lowest BCUT2D eigenvalue weighted by Crippen LogP contribution is -2.40. The second-order valence-corrected chi connectivity index (χ2v) is 8.87. The van der Waals surface area contributed by atoms with Gasteiger partial charge in [0, 0.05) is 31.3 Å². The van der Waals surface area contributed by atoms with E-state index in [0.717, 1.165) is 17.4 Å². The number of hydrazone groups is 1. The first-order chi connectivity index (χ1) is 14.8. The van der Waals surface area contributed by atoms with Crippen LogP contribution < -0.4 is 10.2 Å². The third-order valence-corrected chi connectivity index (χ3v) is 6.65. The molecule has 31 heavy (non-hydrogen) atoms. The van der Waals surface area contributed by atoms with Crippen LogP contribution in [0.15, 0.2) is 52.5 Å². The molecule has 0 spiro atoms. The molecule has 166 valence electrons. The van der Waals surface area contributed by atoms with Crippen LogP contribution in [-0.4, -0.2) is 56.8 Å². The molecule has 1 heterocycles. The molecule has 2 aromatic rings. The summed E-state index contributed by atoms with van der Waals surface area (Å²) in [6.45, 7) is 2.81. The third-order valence-electron chi connectivity index (χ3n) is 4.76. The molecule has 0 atom stereocenters. The standard InChI is InChI=1S/C20H24N4O6S/c1-15(13-16-3-5-17(29-2)6-4-16)21-22-19-8-7-18(14-20(19)24(25)26)31(27,28)23-9-11-30-12-10-23/h3-8,14,22H,9-13H2,1-2H3. The Bertz CT molecular complexity index is 1060. The van der Waals surface area contributed by atoms with Crippen molar-refractivity contribution in [3.63, 3.8) is 0 Å². The van der Waals surface area contributed by atoms with Gasteiger partial charge in [-0.05, 0) is 36.8 Å². The Labute approximate surface area is 180 Å². The summed E-state index contributed by atoms with van der Waals surface area (Å²) >= 11 is 0. The maximum atomic E-state index is 12.8. The molecule has 1 N–H and O–H groups in total. The van der Waals surface area contributed by atoms with E-state index in [4.69, 9.17) is 9.47 Å². The summed E-state index contributed by atoms with van der Waals surface area (Å²) in [5.41, 5.74) is 4.14. The molecule has 1 saturated heterocycles. The minimum Gasteiger partial charge on any atom is -0.497 e. The SMILES string of the molecule is COc1ccc(CC(C)=NNc2ccc(S(=O)(=O)N3CCOCC3)cc2[N+](=O)[O-])cc1. The average molecular weight is 449 g/mol. The molecule has 10 nitrogen and oxygen atoms in total. The molecule has 1 aliphatic heterocycles. The zero-order valence-corrected chi connectivity index (χ0v) is 18.1. The van der Waals surface area contributed by atoms with Gasteiger partial charge in [-0.3, -0.25) is 15.5 Å². The topological polar surface area (TPSA) is 123 Å². The van der Waals surface area contributed by atoms with E-state index in [0.29, 0.717) is 25.3 Å². The number of rotatable bonds is 8. The molecule has 1 aliphatic rings. The molecule has 0 aromatic heterocycles. The van der Waals surface area contributed by atoms with Crippen LogP contribution in [0.5, 0.6) is 5.75 Å². The van der Waals surface area contributed by atoms with E-state index in [2.05, 4.69) is 10.5 Å². The summed E-state index contributed by atoms with van der Waals surface area (Å²) in [5, 5.41) is 15.8. The van der Waals surface area contributed by atoms with Crippen molar-refractivity contribution in [2.75, 3.05) is 38.8 Å². The first-order valence-corrected chi connectivity index (χ1v) is 11.0. The predicted molar refractivity (Wildman–Crippen MR) is 116 cm³/mol. The van der Waals surface area contributed by atoms with Crippen molar-refractivity contribution in [3.8, 4) is 5.75 Å². The number of ether oxygens (including phenoxy) is 2. The van der Waals surface area contributed by atoms with Crippen LogP contribution in [0.2, 0.25) is 0 Å². The van der Waals surface area contributed by atoms with Crippen LogP contribution >= 0.6 is 0 Å². The van der Waals surface area contributed by atoms with Crippen molar-refractivity contribution in [2.24, 2.45) is 5.10 Å². The van der Waals surface area contributed by atoms with Crippen LogP contribution in [-0.2, 0) is 21.2 Å². The lowest BCUT2D eigenvalue weighted by Gasteiger charge is -2.26. The predicted octanol–water partition coefficient (Wildman–Crippen LogP) is 2.65. The lowest BCUT2D eigenvalue weighted by atomic mass is 10.1. The monoisotopic (exact) mass is 448 g/mol. The zero-order chi connectivity index (χ0) is 22.4. The fraction of sp³-hybridized carbons (Fsp3) is 0.350. The van der Waals surface area contributed by atoms with Crippen LogP contribution in [0.3, 0.4) is 0 Å². The summed E-state index contributed by atoms with van der Waals surface area (Å²) in [6.07, 6.45) is 0.536. The molecule has 0 aliphatic carbocycles. The summed E-state index contributed by atoms with van der Waals surface area (Å²) in [5.74, 6) is 0.749. The van der Waals surface area contributed by atoms with Gasteiger partial charge >= 0.3 is 0 Å². The molecule has 0 unspecified atom stereocenters. The van der Waals surface area contributed by atoms with Crippen LogP contribution in [0.4, 0.5) is 11.4 Å². The molecule has 1 fully saturated rings.